The number of anilines is 1. The molecule has 1 aromatic carbocycles. The van der Waals surface area contributed by atoms with Gasteiger partial charge in [-0.1, -0.05) is 12.1 Å². The van der Waals surface area contributed by atoms with Gasteiger partial charge in [0.25, 0.3) is 5.91 Å². The largest absolute Gasteiger partial charge is 0.472 e. The molecule has 0 fully saturated rings. The van der Waals surface area contributed by atoms with Gasteiger partial charge in [-0.05, 0) is 24.6 Å². The van der Waals surface area contributed by atoms with Gasteiger partial charge in [0.05, 0.1) is 18.1 Å². The number of amides is 1. The third-order valence-electron chi connectivity index (χ3n) is 2.90. The molecule has 0 aliphatic heterocycles. The molecule has 0 aliphatic rings. The summed E-state index contributed by atoms with van der Waals surface area (Å²) in [7, 11) is 1.75. The molecule has 0 atom stereocenters. The van der Waals surface area contributed by atoms with Crippen molar-refractivity contribution in [2.24, 2.45) is 0 Å². The van der Waals surface area contributed by atoms with Crippen molar-refractivity contribution in [2.45, 2.75) is 13.5 Å². The first-order valence-electron chi connectivity index (χ1n) is 5.71. The quantitative estimate of drug-likeness (QED) is 0.844. The molecule has 18 heavy (non-hydrogen) atoms. The van der Waals surface area contributed by atoms with Crippen molar-refractivity contribution in [3.8, 4) is 0 Å². The van der Waals surface area contributed by atoms with Crippen LogP contribution in [-0.2, 0) is 6.54 Å². The molecule has 4 heteroatoms. The Hall–Kier alpha value is -2.23. The lowest BCUT2D eigenvalue weighted by molar-refractivity contribution is 0.0786. The van der Waals surface area contributed by atoms with Gasteiger partial charge in [0.1, 0.15) is 0 Å². The van der Waals surface area contributed by atoms with Gasteiger partial charge < -0.3 is 15.1 Å². The Morgan fingerprint density at radius 2 is 2.17 bits per heavy atom. The molecule has 2 aromatic rings. The molecule has 4 nitrogen and oxygen atoms in total. The number of rotatable bonds is 3. The lowest BCUT2D eigenvalue weighted by Crippen LogP contribution is -2.27. The normalized spacial score (nSPS) is 10.3. The number of carbonyl (C=O) groups excluding carboxylic acids is 1. The molecule has 1 heterocycles. The van der Waals surface area contributed by atoms with Crippen LogP contribution >= 0.6 is 0 Å². The van der Waals surface area contributed by atoms with Crippen molar-refractivity contribution in [1.29, 1.82) is 0 Å². The number of benzene rings is 1. The maximum Gasteiger partial charge on any atom is 0.255 e. The summed E-state index contributed by atoms with van der Waals surface area (Å²) in [4.78, 5) is 13.9. The molecule has 0 saturated carbocycles. The standard InChI is InChI=1S/C14H16N2O2/c1-10-4-3-5-12(13(10)15)14(17)16(2)8-11-6-7-18-9-11/h3-7,9H,8,15H2,1-2H3. The van der Waals surface area contributed by atoms with E-state index in [0.29, 0.717) is 17.8 Å². The van der Waals surface area contributed by atoms with E-state index < -0.39 is 0 Å². The van der Waals surface area contributed by atoms with E-state index in [1.54, 1.807) is 30.5 Å². The second-order valence-corrected chi connectivity index (χ2v) is 4.33. The third-order valence-corrected chi connectivity index (χ3v) is 2.90. The summed E-state index contributed by atoms with van der Waals surface area (Å²) in [6.07, 6.45) is 3.22. The molecule has 2 rings (SSSR count). The maximum atomic E-state index is 12.3. The zero-order valence-corrected chi connectivity index (χ0v) is 10.5. The summed E-state index contributed by atoms with van der Waals surface area (Å²) >= 11 is 0. The van der Waals surface area contributed by atoms with E-state index in [2.05, 4.69) is 0 Å². The molecule has 0 unspecified atom stereocenters. The minimum Gasteiger partial charge on any atom is -0.472 e. The van der Waals surface area contributed by atoms with E-state index >= 15 is 0 Å². The number of nitrogen functional groups attached to an aromatic ring is 1. The monoisotopic (exact) mass is 244 g/mol. The second kappa shape index (κ2) is 4.96. The van der Waals surface area contributed by atoms with Crippen molar-refractivity contribution in [1.82, 2.24) is 4.90 Å². The maximum absolute atomic E-state index is 12.3. The van der Waals surface area contributed by atoms with Crippen LogP contribution in [0, 0.1) is 6.92 Å². The molecule has 0 spiro atoms. The van der Waals surface area contributed by atoms with E-state index in [9.17, 15) is 4.79 Å². The molecule has 0 saturated heterocycles. The summed E-state index contributed by atoms with van der Waals surface area (Å²) in [5.74, 6) is -0.0857. The van der Waals surface area contributed by atoms with Crippen LogP contribution in [0.2, 0.25) is 0 Å². The van der Waals surface area contributed by atoms with Crippen LogP contribution in [0.25, 0.3) is 0 Å². The molecule has 94 valence electrons. The molecule has 1 amide bonds. The zero-order valence-electron chi connectivity index (χ0n) is 10.5. The Balaban J connectivity index is 2.18. The number of carbonyl (C=O) groups is 1. The smallest absolute Gasteiger partial charge is 0.255 e. The average Bonchev–Trinajstić information content (AvgIpc) is 2.84. The van der Waals surface area contributed by atoms with Crippen LogP contribution < -0.4 is 5.73 Å². The molecular weight excluding hydrogens is 228 g/mol. The summed E-state index contributed by atoms with van der Waals surface area (Å²) in [6.45, 7) is 2.39. The highest BCUT2D eigenvalue weighted by atomic mass is 16.3. The summed E-state index contributed by atoms with van der Waals surface area (Å²) in [6, 6.07) is 7.31. The highest BCUT2D eigenvalue weighted by Gasteiger charge is 2.15. The van der Waals surface area contributed by atoms with Crippen LogP contribution in [0.1, 0.15) is 21.5 Å². The van der Waals surface area contributed by atoms with Crippen molar-refractivity contribution in [3.05, 3.63) is 53.5 Å². The Bertz CT molecular complexity index is 547. The number of hydrogen-bond donors (Lipinski definition) is 1. The minimum atomic E-state index is -0.0857. The Morgan fingerprint density at radius 3 is 2.83 bits per heavy atom. The first kappa shape index (κ1) is 12.2. The second-order valence-electron chi connectivity index (χ2n) is 4.33. The fourth-order valence-electron chi connectivity index (χ4n) is 1.80. The van der Waals surface area contributed by atoms with Gasteiger partial charge >= 0.3 is 0 Å². The van der Waals surface area contributed by atoms with Gasteiger partial charge in [-0.3, -0.25) is 4.79 Å². The molecule has 2 N–H and O–H groups in total. The molecule has 1 aromatic heterocycles. The lowest BCUT2D eigenvalue weighted by atomic mass is 10.1. The first-order chi connectivity index (χ1) is 8.59. The van der Waals surface area contributed by atoms with Gasteiger partial charge in [-0.25, -0.2) is 0 Å². The number of nitrogens with two attached hydrogens (primary N) is 1. The van der Waals surface area contributed by atoms with Gasteiger partial charge in [0, 0.05) is 24.8 Å². The molecule has 0 radical (unpaired) electrons. The topological polar surface area (TPSA) is 59.5 Å². The predicted octanol–water partition coefficient (Wildman–Crippen LogP) is 2.44. The van der Waals surface area contributed by atoms with E-state index in [4.69, 9.17) is 10.2 Å². The van der Waals surface area contributed by atoms with Crippen LogP contribution in [-0.4, -0.2) is 17.9 Å². The van der Waals surface area contributed by atoms with E-state index in [1.165, 1.54) is 0 Å². The van der Waals surface area contributed by atoms with Crippen molar-refractivity contribution in [2.75, 3.05) is 12.8 Å². The molecule has 0 bridgehead atoms. The number of furan rings is 1. The van der Waals surface area contributed by atoms with Crippen LogP contribution in [0.5, 0.6) is 0 Å². The predicted molar refractivity (Wildman–Crippen MR) is 70.1 cm³/mol. The summed E-state index contributed by atoms with van der Waals surface area (Å²) in [5, 5.41) is 0. The number of para-hydroxylation sites is 1. The van der Waals surface area contributed by atoms with Crippen LogP contribution in [0.3, 0.4) is 0 Å². The van der Waals surface area contributed by atoms with Crippen LogP contribution in [0.4, 0.5) is 5.69 Å². The lowest BCUT2D eigenvalue weighted by Gasteiger charge is -2.18. The van der Waals surface area contributed by atoms with E-state index in [0.717, 1.165) is 11.1 Å². The average molecular weight is 244 g/mol. The highest BCUT2D eigenvalue weighted by Crippen LogP contribution is 2.18. The van der Waals surface area contributed by atoms with Crippen molar-refractivity contribution in [3.63, 3.8) is 0 Å². The third kappa shape index (κ3) is 2.37. The van der Waals surface area contributed by atoms with E-state index in [1.807, 2.05) is 25.1 Å². The SMILES string of the molecule is Cc1cccc(C(=O)N(C)Cc2ccoc2)c1N. The molecule has 0 aliphatic carbocycles. The summed E-state index contributed by atoms with van der Waals surface area (Å²) in [5.41, 5.74) is 8.88. The fraction of sp³-hybridized carbons (Fsp3) is 0.214. The van der Waals surface area contributed by atoms with Gasteiger partial charge in [0.2, 0.25) is 0 Å². The van der Waals surface area contributed by atoms with Gasteiger partial charge in [0.15, 0.2) is 0 Å². The van der Waals surface area contributed by atoms with Crippen molar-refractivity contribution >= 4 is 11.6 Å². The van der Waals surface area contributed by atoms with Crippen LogP contribution in [0.15, 0.2) is 41.2 Å². The highest BCUT2D eigenvalue weighted by molar-refractivity contribution is 5.99. The Kier molecular flexibility index (Phi) is 3.37. The fourth-order valence-corrected chi connectivity index (χ4v) is 1.80. The summed E-state index contributed by atoms with van der Waals surface area (Å²) < 4.78 is 4.98. The number of hydrogen-bond acceptors (Lipinski definition) is 3. The Morgan fingerprint density at radius 1 is 1.39 bits per heavy atom. The molecular formula is C14H16N2O2. The number of aryl methyl sites for hydroxylation is 1. The van der Waals surface area contributed by atoms with Gasteiger partial charge in [-0.15, -0.1) is 0 Å². The zero-order chi connectivity index (χ0) is 13.1. The van der Waals surface area contributed by atoms with E-state index in [-0.39, 0.29) is 5.91 Å². The number of nitrogens with zero attached hydrogens (tertiary/aromatic N) is 1. The minimum absolute atomic E-state index is 0.0857. The first-order valence-corrected chi connectivity index (χ1v) is 5.71. The van der Waals surface area contributed by atoms with Crippen molar-refractivity contribution < 1.29 is 9.21 Å². The Labute approximate surface area is 106 Å². The van der Waals surface area contributed by atoms with Gasteiger partial charge in [-0.2, -0.15) is 0 Å².